The summed E-state index contributed by atoms with van der Waals surface area (Å²) in [7, 11) is 0. The van der Waals surface area contributed by atoms with Crippen molar-refractivity contribution in [3.8, 4) is 11.1 Å². The van der Waals surface area contributed by atoms with Crippen molar-refractivity contribution in [2.24, 2.45) is 5.92 Å². The van der Waals surface area contributed by atoms with Crippen LogP contribution in [0.1, 0.15) is 50.7 Å². The summed E-state index contributed by atoms with van der Waals surface area (Å²) in [6.07, 6.45) is -0.331. The summed E-state index contributed by atoms with van der Waals surface area (Å²) in [5.74, 6) is -1.58. The summed E-state index contributed by atoms with van der Waals surface area (Å²) in [5, 5.41) is 14.4. The van der Waals surface area contributed by atoms with Crippen LogP contribution >= 0.6 is 0 Å². The molecule has 170 valence electrons. The SMILES string of the molecule is CC[C@H](NC(=O)C[C@@H](NC(=O)OCC1c2ccccc2-c2ccccc21)C(C)C)C(=O)O. The average molecular weight is 439 g/mol. The summed E-state index contributed by atoms with van der Waals surface area (Å²) >= 11 is 0. The number of carboxylic acid groups (broad SMARTS) is 1. The molecule has 0 bridgehead atoms. The van der Waals surface area contributed by atoms with Gasteiger partial charge in [0.2, 0.25) is 5.91 Å². The van der Waals surface area contributed by atoms with Crippen molar-refractivity contribution in [3.05, 3.63) is 59.7 Å². The van der Waals surface area contributed by atoms with Gasteiger partial charge in [-0.1, -0.05) is 69.3 Å². The van der Waals surface area contributed by atoms with Crippen molar-refractivity contribution in [1.29, 1.82) is 0 Å². The second kappa shape index (κ2) is 10.3. The van der Waals surface area contributed by atoms with Crippen LogP contribution in [0, 0.1) is 5.92 Å². The number of carboxylic acids is 1. The van der Waals surface area contributed by atoms with E-state index in [2.05, 4.69) is 34.9 Å². The minimum atomic E-state index is -1.08. The number of carbonyl (C=O) groups excluding carboxylic acids is 2. The number of aliphatic carboxylic acids is 1. The van der Waals surface area contributed by atoms with E-state index in [1.165, 1.54) is 0 Å². The van der Waals surface area contributed by atoms with Crippen LogP contribution < -0.4 is 10.6 Å². The van der Waals surface area contributed by atoms with E-state index >= 15 is 0 Å². The van der Waals surface area contributed by atoms with E-state index in [0.717, 1.165) is 22.3 Å². The van der Waals surface area contributed by atoms with Gasteiger partial charge >= 0.3 is 12.1 Å². The van der Waals surface area contributed by atoms with Gasteiger partial charge in [-0.25, -0.2) is 9.59 Å². The Kier molecular flexibility index (Phi) is 7.51. The number of hydrogen-bond acceptors (Lipinski definition) is 4. The maximum absolute atomic E-state index is 12.5. The number of nitrogens with one attached hydrogen (secondary N) is 2. The average Bonchev–Trinajstić information content (AvgIpc) is 3.09. The molecule has 2 atom stereocenters. The van der Waals surface area contributed by atoms with Gasteiger partial charge in [-0.05, 0) is 34.6 Å². The Labute approximate surface area is 188 Å². The van der Waals surface area contributed by atoms with Crippen LogP contribution in [-0.4, -0.2) is 41.8 Å². The van der Waals surface area contributed by atoms with Gasteiger partial charge in [0.05, 0.1) is 0 Å². The second-order valence-corrected chi connectivity index (χ2v) is 8.39. The normalized spacial score (nSPS) is 14.2. The first-order chi connectivity index (χ1) is 15.3. The third kappa shape index (κ3) is 5.28. The lowest BCUT2D eigenvalue weighted by Crippen LogP contribution is -2.46. The summed E-state index contributed by atoms with van der Waals surface area (Å²) < 4.78 is 5.57. The molecule has 3 N–H and O–H groups in total. The van der Waals surface area contributed by atoms with E-state index in [4.69, 9.17) is 9.84 Å². The van der Waals surface area contributed by atoms with Crippen LogP contribution in [0.2, 0.25) is 0 Å². The molecule has 0 spiro atoms. The molecule has 0 aromatic heterocycles. The van der Waals surface area contributed by atoms with Gasteiger partial charge in [0.1, 0.15) is 12.6 Å². The number of carbonyl (C=O) groups is 3. The molecule has 0 radical (unpaired) electrons. The highest BCUT2D eigenvalue weighted by atomic mass is 16.5. The lowest BCUT2D eigenvalue weighted by Gasteiger charge is -2.23. The van der Waals surface area contributed by atoms with Crippen molar-refractivity contribution < 1.29 is 24.2 Å². The molecule has 1 aliphatic rings. The standard InChI is InChI=1S/C25H30N2O5/c1-4-21(24(29)30)26-23(28)13-22(15(2)3)27-25(31)32-14-20-18-11-7-5-9-16(18)17-10-6-8-12-19(17)20/h5-12,15,20-22H,4,13-14H2,1-3H3,(H,26,28)(H,27,31)(H,29,30)/t21-,22+/m0/s1. The molecule has 0 aliphatic heterocycles. The minimum Gasteiger partial charge on any atom is -0.480 e. The molecule has 7 nitrogen and oxygen atoms in total. The number of alkyl carbamates (subject to hydrolysis) is 1. The fraction of sp³-hybridized carbons (Fsp3) is 0.400. The van der Waals surface area contributed by atoms with Gasteiger partial charge < -0.3 is 20.5 Å². The quantitative estimate of drug-likeness (QED) is 0.550. The number of ether oxygens (including phenoxy) is 1. The maximum atomic E-state index is 12.5. The zero-order valence-electron chi connectivity index (χ0n) is 18.6. The zero-order chi connectivity index (χ0) is 23.3. The van der Waals surface area contributed by atoms with E-state index in [-0.39, 0.29) is 31.3 Å². The molecular formula is C25H30N2O5. The molecule has 0 heterocycles. The third-order valence-corrected chi connectivity index (χ3v) is 5.90. The van der Waals surface area contributed by atoms with Crippen molar-refractivity contribution in [2.75, 3.05) is 6.61 Å². The predicted molar refractivity (Wildman–Crippen MR) is 121 cm³/mol. The zero-order valence-corrected chi connectivity index (χ0v) is 18.6. The van der Waals surface area contributed by atoms with E-state index < -0.39 is 30.1 Å². The van der Waals surface area contributed by atoms with E-state index in [0.29, 0.717) is 0 Å². The Bertz CT molecular complexity index is 942. The largest absolute Gasteiger partial charge is 0.480 e. The number of amides is 2. The molecule has 0 saturated carbocycles. The van der Waals surface area contributed by atoms with Gasteiger partial charge in [0.25, 0.3) is 0 Å². The first kappa shape index (κ1) is 23.3. The fourth-order valence-corrected chi connectivity index (χ4v) is 4.04. The van der Waals surface area contributed by atoms with Crippen LogP contribution in [0.3, 0.4) is 0 Å². The molecule has 0 unspecified atom stereocenters. The Balaban J connectivity index is 1.61. The fourth-order valence-electron chi connectivity index (χ4n) is 4.04. The molecule has 3 rings (SSSR count). The second-order valence-electron chi connectivity index (χ2n) is 8.39. The topological polar surface area (TPSA) is 105 Å². The highest BCUT2D eigenvalue weighted by molar-refractivity contribution is 5.84. The van der Waals surface area contributed by atoms with Crippen LogP contribution in [0.15, 0.2) is 48.5 Å². The maximum Gasteiger partial charge on any atom is 0.407 e. The van der Waals surface area contributed by atoms with Crippen LogP contribution in [0.25, 0.3) is 11.1 Å². The molecule has 0 saturated heterocycles. The van der Waals surface area contributed by atoms with Gasteiger partial charge in [0, 0.05) is 18.4 Å². The van der Waals surface area contributed by atoms with Crippen molar-refractivity contribution >= 4 is 18.0 Å². The summed E-state index contributed by atoms with van der Waals surface area (Å²) in [6.45, 7) is 5.65. The van der Waals surface area contributed by atoms with Crippen molar-refractivity contribution in [3.63, 3.8) is 0 Å². The number of benzene rings is 2. The highest BCUT2D eigenvalue weighted by Gasteiger charge is 2.30. The van der Waals surface area contributed by atoms with Crippen LogP contribution in [-0.2, 0) is 14.3 Å². The Morgan fingerprint density at radius 1 is 0.969 bits per heavy atom. The summed E-state index contributed by atoms with van der Waals surface area (Å²) in [6, 6.07) is 14.8. The highest BCUT2D eigenvalue weighted by Crippen LogP contribution is 2.44. The number of fused-ring (bicyclic) bond motifs is 3. The molecule has 0 fully saturated rings. The van der Waals surface area contributed by atoms with E-state index in [1.54, 1.807) is 6.92 Å². The van der Waals surface area contributed by atoms with Crippen molar-refractivity contribution in [1.82, 2.24) is 10.6 Å². The molecule has 7 heteroatoms. The lowest BCUT2D eigenvalue weighted by molar-refractivity contribution is -0.142. The van der Waals surface area contributed by atoms with Gasteiger partial charge in [0.15, 0.2) is 0 Å². The molecule has 32 heavy (non-hydrogen) atoms. The molecule has 1 aliphatic carbocycles. The van der Waals surface area contributed by atoms with Gasteiger partial charge in [-0.3, -0.25) is 4.79 Å². The molecule has 2 aromatic rings. The smallest absolute Gasteiger partial charge is 0.407 e. The number of rotatable bonds is 9. The van der Waals surface area contributed by atoms with Crippen LogP contribution in [0.5, 0.6) is 0 Å². The summed E-state index contributed by atoms with van der Waals surface area (Å²) in [4.78, 5) is 36.0. The molecule has 2 amide bonds. The van der Waals surface area contributed by atoms with Gasteiger partial charge in [-0.2, -0.15) is 0 Å². The van der Waals surface area contributed by atoms with Crippen molar-refractivity contribution in [2.45, 2.75) is 51.6 Å². The Morgan fingerprint density at radius 3 is 2.03 bits per heavy atom. The Hall–Kier alpha value is -3.35. The molecule has 2 aromatic carbocycles. The summed E-state index contributed by atoms with van der Waals surface area (Å²) in [5.41, 5.74) is 4.55. The predicted octanol–water partition coefficient (Wildman–Crippen LogP) is 3.92. The van der Waals surface area contributed by atoms with Gasteiger partial charge in [-0.15, -0.1) is 0 Å². The first-order valence-electron chi connectivity index (χ1n) is 11.0. The Morgan fingerprint density at radius 2 is 1.53 bits per heavy atom. The van der Waals surface area contributed by atoms with E-state index in [9.17, 15) is 14.4 Å². The third-order valence-electron chi connectivity index (χ3n) is 5.90. The molecular weight excluding hydrogens is 408 g/mol. The first-order valence-corrected chi connectivity index (χ1v) is 11.0. The van der Waals surface area contributed by atoms with Crippen LogP contribution in [0.4, 0.5) is 4.79 Å². The lowest BCUT2D eigenvalue weighted by atomic mass is 9.98. The van der Waals surface area contributed by atoms with E-state index in [1.807, 2.05) is 38.1 Å². The minimum absolute atomic E-state index is 0.0222. The monoisotopic (exact) mass is 438 g/mol. The number of hydrogen-bond donors (Lipinski definition) is 3.